The van der Waals surface area contributed by atoms with E-state index in [4.69, 9.17) is 4.74 Å². The zero-order valence-electron chi connectivity index (χ0n) is 14.9. The van der Waals surface area contributed by atoms with Crippen molar-refractivity contribution >= 4 is 11.7 Å². The number of hydrogen-bond donors (Lipinski definition) is 2. The van der Waals surface area contributed by atoms with Gasteiger partial charge in [0.05, 0.1) is 0 Å². The Labute approximate surface area is 144 Å². The minimum absolute atomic E-state index is 0.129. The Kier molecular flexibility index (Phi) is 6.24. The third-order valence-electron chi connectivity index (χ3n) is 4.19. The number of ether oxygens (including phenoxy) is 1. The predicted molar refractivity (Wildman–Crippen MR) is 98.8 cm³/mol. The molecule has 0 aliphatic rings. The van der Waals surface area contributed by atoms with Gasteiger partial charge in [0.25, 0.3) is 0 Å². The van der Waals surface area contributed by atoms with Crippen molar-refractivity contribution in [2.45, 2.75) is 40.5 Å². The maximum absolute atomic E-state index is 12.2. The Morgan fingerprint density at radius 2 is 1.67 bits per heavy atom. The normalized spacial score (nSPS) is 10.3. The van der Waals surface area contributed by atoms with Crippen LogP contribution in [0.1, 0.15) is 36.1 Å². The summed E-state index contributed by atoms with van der Waals surface area (Å²) in [5.74, 6) is 0.751. The lowest BCUT2D eigenvalue weighted by molar-refractivity contribution is 0.234. The van der Waals surface area contributed by atoms with Crippen molar-refractivity contribution < 1.29 is 9.53 Å². The Morgan fingerprint density at radius 3 is 2.25 bits per heavy atom. The molecule has 0 saturated heterocycles. The molecule has 2 rings (SSSR count). The van der Waals surface area contributed by atoms with Crippen LogP contribution in [-0.2, 0) is 12.8 Å². The van der Waals surface area contributed by atoms with Crippen LogP contribution in [0.4, 0.5) is 10.5 Å². The fourth-order valence-electron chi connectivity index (χ4n) is 2.55. The summed E-state index contributed by atoms with van der Waals surface area (Å²) in [7, 11) is 0. The smallest absolute Gasteiger partial charge is 0.321 e. The van der Waals surface area contributed by atoms with Gasteiger partial charge in [0.1, 0.15) is 5.75 Å². The molecule has 24 heavy (non-hydrogen) atoms. The van der Waals surface area contributed by atoms with Crippen molar-refractivity contribution in [3.05, 3.63) is 58.7 Å². The van der Waals surface area contributed by atoms with Crippen LogP contribution in [0.3, 0.4) is 0 Å². The van der Waals surface area contributed by atoms with E-state index in [-0.39, 0.29) is 12.8 Å². The molecular formula is C20H26N2O2. The van der Waals surface area contributed by atoms with Gasteiger partial charge in [0.2, 0.25) is 0 Å². The van der Waals surface area contributed by atoms with Crippen molar-refractivity contribution in [1.29, 1.82) is 0 Å². The first-order valence-electron chi connectivity index (χ1n) is 8.40. The predicted octanol–water partition coefficient (Wildman–Crippen LogP) is 4.59. The van der Waals surface area contributed by atoms with Crippen LogP contribution in [0.25, 0.3) is 0 Å². The Morgan fingerprint density at radius 1 is 1.00 bits per heavy atom. The largest absolute Gasteiger partial charge is 0.473 e. The van der Waals surface area contributed by atoms with E-state index in [9.17, 15) is 4.79 Å². The van der Waals surface area contributed by atoms with Gasteiger partial charge in [-0.15, -0.1) is 0 Å². The second-order valence-corrected chi connectivity index (χ2v) is 5.82. The Hall–Kier alpha value is -2.49. The lowest BCUT2D eigenvalue weighted by atomic mass is 10.0. The molecule has 128 valence electrons. The average molecular weight is 326 g/mol. The maximum Gasteiger partial charge on any atom is 0.321 e. The standard InChI is InChI=1S/C20H26N2O2/c1-5-16-8-7-9-17(6-2)19(16)22-20(23)21-13-24-18-11-10-14(3)15(4)12-18/h7-12H,5-6,13H2,1-4H3,(H2,21,22,23). The topological polar surface area (TPSA) is 50.4 Å². The molecule has 4 nitrogen and oxygen atoms in total. The molecule has 0 aliphatic heterocycles. The Bertz CT molecular complexity index is 689. The second-order valence-electron chi connectivity index (χ2n) is 5.82. The summed E-state index contributed by atoms with van der Waals surface area (Å²) in [6.45, 7) is 8.39. The zero-order valence-corrected chi connectivity index (χ0v) is 14.9. The molecule has 0 saturated carbocycles. The molecule has 0 bridgehead atoms. The average Bonchev–Trinajstić information content (AvgIpc) is 2.58. The van der Waals surface area contributed by atoms with E-state index < -0.39 is 0 Å². The number of hydrogen-bond acceptors (Lipinski definition) is 2. The van der Waals surface area contributed by atoms with Crippen LogP contribution < -0.4 is 15.4 Å². The first-order valence-corrected chi connectivity index (χ1v) is 8.40. The molecule has 0 spiro atoms. The SMILES string of the molecule is CCc1cccc(CC)c1NC(=O)NCOc1ccc(C)c(C)c1. The van der Waals surface area contributed by atoms with E-state index in [0.29, 0.717) is 0 Å². The summed E-state index contributed by atoms with van der Waals surface area (Å²) in [6.07, 6.45) is 1.76. The number of urea groups is 1. The van der Waals surface area contributed by atoms with E-state index in [0.717, 1.165) is 35.4 Å². The molecule has 0 radical (unpaired) electrons. The van der Waals surface area contributed by atoms with Gasteiger partial charge in [-0.3, -0.25) is 0 Å². The molecule has 2 amide bonds. The van der Waals surface area contributed by atoms with Crippen LogP contribution in [-0.4, -0.2) is 12.8 Å². The second kappa shape index (κ2) is 8.39. The molecule has 0 heterocycles. The quantitative estimate of drug-likeness (QED) is 0.763. The molecule has 0 unspecified atom stereocenters. The first-order chi connectivity index (χ1) is 11.5. The van der Waals surface area contributed by atoms with Crippen LogP contribution in [0.15, 0.2) is 36.4 Å². The lowest BCUT2D eigenvalue weighted by Gasteiger charge is -2.15. The number of carbonyl (C=O) groups excluding carboxylic acids is 1. The highest BCUT2D eigenvalue weighted by Crippen LogP contribution is 2.22. The molecule has 2 aromatic rings. The number of amides is 2. The number of anilines is 1. The highest BCUT2D eigenvalue weighted by Gasteiger charge is 2.09. The van der Waals surface area contributed by atoms with Crippen molar-refractivity contribution in [2.75, 3.05) is 12.0 Å². The van der Waals surface area contributed by atoms with E-state index in [2.05, 4.69) is 31.4 Å². The molecule has 0 aromatic heterocycles. The molecule has 0 fully saturated rings. The summed E-state index contributed by atoms with van der Waals surface area (Å²) in [6, 6.07) is 11.7. The van der Waals surface area contributed by atoms with Crippen molar-refractivity contribution in [3.8, 4) is 5.75 Å². The minimum atomic E-state index is -0.255. The summed E-state index contributed by atoms with van der Waals surface area (Å²) in [5, 5.41) is 5.70. The third kappa shape index (κ3) is 4.51. The number of rotatable bonds is 6. The maximum atomic E-state index is 12.2. The van der Waals surface area contributed by atoms with Gasteiger partial charge in [0, 0.05) is 5.69 Å². The summed E-state index contributed by atoms with van der Waals surface area (Å²) in [5.41, 5.74) is 5.57. The molecule has 2 N–H and O–H groups in total. The summed E-state index contributed by atoms with van der Waals surface area (Å²) >= 11 is 0. The van der Waals surface area contributed by atoms with Crippen molar-refractivity contribution in [2.24, 2.45) is 0 Å². The molecule has 4 heteroatoms. The first kappa shape index (κ1) is 17.9. The van der Waals surface area contributed by atoms with Gasteiger partial charge in [-0.2, -0.15) is 0 Å². The van der Waals surface area contributed by atoms with Gasteiger partial charge in [-0.25, -0.2) is 4.79 Å². The highest BCUT2D eigenvalue weighted by molar-refractivity contribution is 5.91. The molecule has 0 aliphatic carbocycles. The van der Waals surface area contributed by atoms with E-state index in [1.807, 2.05) is 43.3 Å². The number of carbonyl (C=O) groups is 1. The van der Waals surface area contributed by atoms with Crippen LogP contribution >= 0.6 is 0 Å². The van der Waals surface area contributed by atoms with E-state index >= 15 is 0 Å². The van der Waals surface area contributed by atoms with E-state index in [1.165, 1.54) is 11.1 Å². The molecule has 0 atom stereocenters. The lowest BCUT2D eigenvalue weighted by Crippen LogP contribution is -2.32. The minimum Gasteiger partial charge on any atom is -0.473 e. The molecule has 2 aromatic carbocycles. The number of nitrogens with one attached hydrogen (secondary N) is 2. The highest BCUT2D eigenvalue weighted by atomic mass is 16.5. The van der Waals surface area contributed by atoms with Gasteiger partial charge in [0.15, 0.2) is 6.73 Å². The zero-order chi connectivity index (χ0) is 17.5. The molecular weight excluding hydrogens is 300 g/mol. The Balaban J connectivity index is 1.93. The van der Waals surface area contributed by atoms with Crippen LogP contribution in [0.2, 0.25) is 0 Å². The summed E-state index contributed by atoms with van der Waals surface area (Å²) < 4.78 is 5.59. The van der Waals surface area contributed by atoms with Crippen molar-refractivity contribution in [3.63, 3.8) is 0 Å². The summed E-state index contributed by atoms with van der Waals surface area (Å²) in [4.78, 5) is 12.2. The monoisotopic (exact) mass is 326 g/mol. The number of para-hydroxylation sites is 1. The van der Waals surface area contributed by atoms with Gasteiger partial charge in [-0.1, -0.05) is 38.1 Å². The third-order valence-corrected chi connectivity index (χ3v) is 4.19. The van der Waals surface area contributed by atoms with Crippen LogP contribution in [0.5, 0.6) is 5.75 Å². The van der Waals surface area contributed by atoms with Crippen LogP contribution in [0, 0.1) is 13.8 Å². The fraction of sp³-hybridized carbons (Fsp3) is 0.350. The van der Waals surface area contributed by atoms with Gasteiger partial charge in [-0.05, 0) is 61.1 Å². The van der Waals surface area contributed by atoms with Crippen molar-refractivity contribution in [1.82, 2.24) is 5.32 Å². The fourth-order valence-corrected chi connectivity index (χ4v) is 2.55. The van der Waals surface area contributed by atoms with Gasteiger partial charge >= 0.3 is 6.03 Å². The number of benzene rings is 2. The van der Waals surface area contributed by atoms with Gasteiger partial charge < -0.3 is 15.4 Å². The van der Waals surface area contributed by atoms with E-state index in [1.54, 1.807) is 0 Å². The number of aryl methyl sites for hydroxylation is 4.